The fourth-order valence-electron chi connectivity index (χ4n) is 2.27. The Labute approximate surface area is 125 Å². The highest BCUT2D eigenvalue weighted by Crippen LogP contribution is 2.22. The molecular formula is C15H24N4O2. The van der Waals surface area contributed by atoms with Crippen molar-refractivity contribution >= 4 is 11.7 Å². The summed E-state index contributed by atoms with van der Waals surface area (Å²) in [4.78, 5) is 16.3. The number of amides is 2. The predicted molar refractivity (Wildman–Crippen MR) is 83.8 cm³/mol. The van der Waals surface area contributed by atoms with Gasteiger partial charge in [0.05, 0.1) is 0 Å². The van der Waals surface area contributed by atoms with E-state index in [2.05, 4.69) is 17.3 Å². The van der Waals surface area contributed by atoms with Crippen molar-refractivity contribution < 1.29 is 9.53 Å². The maximum atomic E-state index is 12.2. The van der Waals surface area contributed by atoms with Crippen LogP contribution >= 0.6 is 0 Å². The minimum atomic E-state index is -0.0434. The SMILES string of the molecule is Cc1cc(NC(=O)N2CCN(C)CC2)ccc1OCCN. The number of nitrogens with zero attached hydrogens (tertiary/aromatic N) is 2. The molecule has 1 aliphatic heterocycles. The number of ether oxygens (including phenoxy) is 1. The summed E-state index contributed by atoms with van der Waals surface area (Å²) in [6.45, 7) is 6.29. The molecule has 0 aliphatic carbocycles. The summed E-state index contributed by atoms with van der Waals surface area (Å²) in [5.74, 6) is 0.804. The minimum absolute atomic E-state index is 0.0434. The zero-order valence-corrected chi connectivity index (χ0v) is 12.8. The van der Waals surface area contributed by atoms with Gasteiger partial charge in [0.25, 0.3) is 0 Å². The lowest BCUT2D eigenvalue weighted by atomic mass is 10.2. The third kappa shape index (κ3) is 4.34. The molecule has 0 aromatic heterocycles. The molecule has 1 aromatic rings. The van der Waals surface area contributed by atoms with Gasteiger partial charge < -0.3 is 25.6 Å². The van der Waals surface area contributed by atoms with Crippen LogP contribution in [0.15, 0.2) is 18.2 Å². The standard InChI is InChI=1S/C15H24N4O2/c1-12-11-13(3-4-14(12)21-10-5-16)17-15(20)19-8-6-18(2)7-9-19/h3-4,11H,5-10,16H2,1-2H3,(H,17,20). The third-order valence-corrected chi connectivity index (χ3v) is 3.59. The normalized spacial score (nSPS) is 15.9. The number of urea groups is 1. The molecule has 1 aliphatic rings. The fourth-order valence-corrected chi connectivity index (χ4v) is 2.27. The van der Waals surface area contributed by atoms with Gasteiger partial charge in [-0.05, 0) is 37.7 Å². The molecule has 0 radical (unpaired) electrons. The van der Waals surface area contributed by atoms with E-state index in [4.69, 9.17) is 10.5 Å². The number of carbonyl (C=O) groups is 1. The Balaban J connectivity index is 1.93. The lowest BCUT2D eigenvalue weighted by Crippen LogP contribution is -2.48. The molecule has 0 atom stereocenters. The molecule has 116 valence electrons. The van der Waals surface area contributed by atoms with Crippen molar-refractivity contribution in [1.29, 1.82) is 0 Å². The van der Waals surface area contributed by atoms with Gasteiger partial charge in [-0.2, -0.15) is 0 Å². The molecule has 1 aromatic carbocycles. The number of likely N-dealkylation sites (N-methyl/N-ethyl adjacent to an activating group) is 1. The first kappa shape index (κ1) is 15.6. The summed E-state index contributed by atoms with van der Waals surface area (Å²) in [5, 5.41) is 2.94. The fraction of sp³-hybridized carbons (Fsp3) is 0.533. The van der Waals surface area contributed by atoms with Crippen LogP contribution in [0.1, 0.15) is 5.56 Å². The molecule has 1 fully saturated rings. The number of rotatable bonds is 4. The second-order valence-electron chi connectivity index (χ2n) is 5.34. The van der Waals surface area contributed by atoms with Gasteiger partial charge in [0.2, 0.25) is 0 Å². The number of piperazine rings is 1. The molecule has 0 unspecified atom stereocenters. The molecule has 1 saturated heterocycles. The van der Waals surface area contributed by atoms with Crippen LogP contribution in [0.2, 0.25) is 0 Å². The first-order chi connectivity index (χ1) is 10.1. The molecule has 3 N–H and O–H groups in total. The summed E-state index contributed by atoms with van der Waals surface area (Å²) in [6, 6.07) is 5.59. The van der Waals surface area contributed by atoms with Crippen molar-refractivity contribution in [1.82, 2.24) is 9.80 Å². The zero-order valence-electron chi connectivity index (χ0n) is 12.8. The van der Waals surface area contributed by atoms with Crippen LogP contribution in [0.4, 0.5) is 10.5 Å². The van der Waals surface area contributed by atoms with Crippen molar-refractivity contribution in [3.63, 3.8) is 0 Å². The van der Waals surface area contributed by atoms with E-state index < -0.39 is 0 Å². The summed E-state index contributed by atoms with van der Waals surface area (Å²) in [5.41, 5.74) is 7.20. The Morgan fingerprint density at radius 3 is 2.67 bits per heavy atom. The lowest BCUT2D eigenvalue weighted by Gasteiger charge is -2.32. The molecule has 6 heteroatoms. The second kappa shape index (κ2) is 7.28. The average molecular weight is 292 g/mol. The average Bonchev–Trinajstić information content (AvgIpc) is 2.47. The van der Waals surface area contributed by atoms with Gasteiger partial charge in [-0.15, -0.1) is 0 Å². The number of hydrogen-bond donors (Lipinski definition) is 2. The molecule has 0 bridgehead atoms. The lowest BCUT2D eigenvalue weighted by molar-refractivity contribution is 0.164. The number of nitrogens with one attached hydrogen (secondary N) is 1. The molecule has 2 rings (SSSR count). The number of anilines is 1. The van der Waals surface area contributed by atoms with E-state index in [0.29, 0.717) is 13.2 Å². The number of benzene rings is 1. The maximum Gasteiger partial charge on any atom is 0.321 e. The van der Waals surface area contributed by atoms with Crippen molar-refractivity contribution in [2.75, 3.05) is 51.7 Å². The molecule has 21 heavy (non-hydrogen) atoms. The van der Waals surface area contributed by atoms with Gasteiger partial charge in [0.1, 0.15) is 12.4 Å². The van der Waals surface area contributed by atoms with Gasteiger partial charge in [0, 0.05) is 38.4 Å². The topological polar surface area (TPSA) is 70.8 Å². The highest BCUT2D eigenvalue weighted by atomic mass is 16.5. The monoisotopic (exact) mass is 292 g/mol. The minimum Gasteiger partial charge on any atom is -0.492 e. The molecule has 6 nitrogen and oxygen atoms in total. The number of nitrogens with two attached hydrogens (primary N) is 1. The van der Waals surface area contributed by atoms with E-state index in [1.807, 2.05) is 30.0 Å². The second-order valence-corrected chi connectivity index (χ2v) is 5.34. The van der Waals surface area contributed by atoms with Gasteiger partial charge in [-0.3, -0.25) is 0 Å². The number of hydrogen-bond acceptors (Lipinski definition) is 4. The zero-order chi connectivity index (χ0) is 15.2. The summed E-state index contributed by atoms with van der Waals surface area (Å²) in [7, 11) is 2.07. The van der Waals surface area contributed by atoms with Crippen molar-refractivity contribution in [2.45, 2.75) is 6.92 Å². The molecule has 0 spiro atoms. The van der Waals surface area contributed by atoms with E-state index >= 15 is 0 Å². The Morgan fingerprint density at radius 2 is 2.05 bits per heavy atom. The Bertz CT molecular complexity index is 485. The molecule has 0 saturated carbocycles. The van der Waals surface area contributed by atoms with Crippen LogP contribution in [-0.4, -0.2) is 62.2 Å². The molecule has 2 amide bonds. The van der Waals surface area contributed by atoms with Gasteiger partial charge in [-0.25, -0.2) is 4.79 Å². The first-order valence-corrected chi connectivity index (χ1v) is 7.28. The van der Waals surface area contributed by atoms with Gasteiger partial charge in [0.15, 0.2) is 0 Å². The van der Waals surface area contributed by atoms with Gasteiger partial charge >= 0.3 is 6.03 Å². The third-order valence-electron chi connectivity index (χ3n) is 3.59. The van der Waals surface area contributed by atoms with Crippen LogP contribution in [0.25, 0.3) is 0 Å². The first-order valence-electron chi connectivity index (χ1n) is 7.28. The van der Waals surface area contributed by atoms with E-state index in [1.165, 1.54) is 0 Å². The predicted octanol–water partition coefficient (Wildman–Crippen LogP) is 1.11. The van der Waals surface area contributed by atoms with Crippen molar-refractivity contribution in [3.05, 3.63) is 23.8 Å². The summed E-state index contributed by atoms with van der Waals surface area (Å²) in [6.07, 6.45) is 0. The van der Waals surface area contributed by atoms with E-state index in [9.17, 15) is 4.79 Å². The Hall–Kier alpha value is -1.79. The van der Waals surface area contributed by atoms with Gasteiger partial charge in [-0.1, -0.05) is 0 Å². The van der Waals surface area contributed by atoms with Crippen LogP contribution in [0.3, 0.4) is 0 Å². The largest absolute Gasteiger partial charge is 0.492 e. The quantitative estimate of drug-likeness (QED) is 0.872. The van der Waals surface area contributed by atoms with E-state index in [1.54, 1.807) is 0 Å². The number of carbonyl (C=O) groups excluding carboxylic acids is 1. The van der Waals surface area contributed by atoms with Crippen molar-refractivity contribution in [2.24, 2.45) is 5.73 Å². The Kier molecular flexibility index (Phi) is 5.41. The van der Waals surface area contributed by atoms with Crippen LogP contribution in [0, 0.1) is 6.92 Å². The highest BCUT2D eigenvalue weighted by Gasteiger charge is 2.19. The highest BCUT2D eigenvalue weighted by molar-refractivity contribution is 5.89. The Morgan fingerprint density at radius 1 is 1.33 bits per heavy atom. The van der Waals surface area contributed by atoms with E-state index in [-0.39, 0.29) is 6.03 Å². The van der Waals surface area contributed by atoms with E-state index in [0.717, 1.165) is 43.2 Å². The van der Waals surface area contributed by atoms with Crippen LogP contribution < -0.4 is 15.8 Å². The number of aryl methyl sites for hydroxylation is 1. The molecule has 1 heterocycles. The summed E-state index contributed by atoms with van der Waals surface area (Å²) >= 11 is 0. The van der Waals surface area contributed by atoms with Crippen LogP contribution in [-0.2, 0) is 0 Å². The summed E-state index contributed by atoms with van der Waals surface area (Å²) < 4.78 is 5.52. The maximum absolute atomic E-state index is 12.2. The molecular weight excluding hydrogens is 268 g/mol. The smallest absolute Gasteiger partial charge is 0.321 e. The van der Waals surface area contributed by atoms with Crippen molar-refractivity contribution in [3.8, 4) is 5.75 Å². The van der Waals surface area contributed by atoms with Crippen LogP contribution in [0.5, 0.6) is 5.75 Å².